The number of hydrogen-bond donors (Lipinski definition) is 0. The molecule has 0 atom stereocenters. The molecule has 5 heteroatoms. The number of nitrogens with zero attached hydrogens (tertiary/aromatic N) is 5. The molecule has 3 aromatic heterocycles. The molecular formula is C51H33N5. The van der Waals surface area contributed by atoms with E-state index in [0.717, 1.165) is 44.7 Å². The van der Waals surface area contributed by atoms with Crippen LogP contribution in [0, 0.1) is 0 Å². The Morgan fingerprint density at radius 3 is 1.32 bits per heavy atom. The van der Waals surface area contributed by atoms with Gasteiger partial charge in [-0.1, -0.05) is 152 Å². The molecule has 0 spiro atoms. The SMILES string of the molecule is c1ccc(-c2nc(-c3ccccc3)nc(-c3ccc(-c4cccc5c4c4cc(-n6c7ccccc7c7ccccc76)ccc4n5-c4ccccc4)cc3)n2)cc1. The maximum absolute atomic E-state index is 4.98. The third-order valence-electron chi connectivity index (χ3n) is 10.8. The first-order valence-electron chi connectivity index (χ1n) is 18.9. The zero-order chi connectivity index (χ0) is 37.0. The van der Waals surface area contributed by atoms with Gasteiger partial charge < -0.3 is 9.13 Å². The molecule has 0 N–H and O–H groups in total. The topological polar surface area (TPSA) is 48.5 Å². The summed E-state index contributed by atoms with van der Waals surface area (Å²) in [5.41, 5.74) is 12.1. The Bertz CT molecular complexity index is 3110. The van der Waals surface area contributed by atoms with E-state index >= 15 is 0 Å². The van der Waals surface area contributed by atoms with Gasteiger partial charge >= 0.3 is 0 Å². The summed E-state index contributed by atoms with van der Waals surface area (Å²) in [6.07, 6.45) is 0. The van der Waals surface area contributed by atoms with Crippen LogP contribution in [0.3, 0.4) is 0 Å². The molecule has 3 heterocycles. The molecule has 0 fully saturated rings. The number of fused-ring (bicyclic) bond motifs is 6. The zero-order valence-corrected chi connectivity index (χ0v) is 30.3. The van der Waals surface area contributed by atoms with Crippen molar-refractivity contribution in [3.63, 3.8) is 0 Å². The Balaban J connectivity index is 1.10. The van der Waals surface area contributed by atoms with Gasteiger partial charge in [-0.2, -0.15) is 0 Å². The Morgan fingerprint density at radius 2 is 0.732 bits per heavy atom. The number of hydrogen-bond acceptors (Lipinski definition) is 3. The second-order valence-corrected chi connectivity index (χ2v) is 14.1. The van der Waals surface area contributed by atoms with Crippen molar-refractivity contribution in [2.45, 2.75) is 0 Å². The van der Waals surface area contributed by atoms with Crippen LogP contribution in [0.4, 0.5) is 0 Å². The van der Waals surface area contributed by atoms with Crippen LogP contribution in [0.5, 0.6) is 0 Å². The molecule has 0 aliphatic heterocycles. The highest BCUT2D eigenvalue weighted by molar-refractivity contribution is 6.17. The molecule has 0 saturated carbocycles. The maximum atomic E-state index is 4.98. The molecule has 0 aliphatic rings. The fourth-order valence-electron chi connectivity index (χ4n) is 8.23. The van der Waals surface area contributed by atoms with Gasteiger partial charge in [0.15, 0.2) is 17.5 Å². The van der Waals surface area contributed by atoms with Crippen LogP contribution >= 0.6 is 0 Å². The summed E-state index contributed by atoms with van der Waals surface area (Å²) in [5, 5.41) is 4.90. The summed E-state index contributed by atoms with van der Waals surface area (Å²) in [6.45, 7) is 0. The second-order valence-electron chi connectivity index (χ2n) is 14.1. The Morgan fingerprint density at radius 1 is 0.286 bits per heavy atom. The van der Waals surface area contributed by atoms with Gasteiger partial charge in [0, 0.05) is 49.6 Å². The number of para-hydroxylation sites is 3. The number of benzene rings is 8. The first kappa shape index (κ1) is 31.9. The maximum Gasteiger partial charge on any atom is 0.164 e. The fourth-order valence-corrected chi connectivity index (χ4v) is 8.23. The molecule has 11 aromatic rings. The van der Waals surface area contributed by atoms with Gasteiger partial charge in [0.25, 0.3) is 0 Å². The molecule has 8 aromatic carbocycles. The highest BCUT2D eigenvalue weighted by Crippen LogP contribution is 2.41. The molecule has 11 rings (SSSR count). The van der Waals surface area contributed by atoms with Crippen molar-refractivity contribution in [1.82, 2.24) is 24.1 Å². The smallest absolute Gasteiger partial charge is 0.164 e. The van der Waals surface area contributed by atoms with E-state index in [9.17, 15) is 0 Å². The molecule has 262 valence electrons. The largest absolute Gasteiger partial charge is 0.309 e. The van der Waals surface area contributed by atoms with Gasteiger partial charge in [-0.25, -0.2) is 15.0 Å². The van der Waals surface area contributed by atoms with Crippen LogP contribution in [0.15, 0.2) is 200 Å². The quantitative estimate of drug-likeness (QED) is 0.172. The van der Waals surface area contributed by atoms with Crippen molar-refractivity contribution < 1.29 is 0 Å². The third-order valence-corrected chi connectivity index (χ3v) is 10.8. The lowest BCUT2D eigenvalue weighted by atomic mass is 9.98. The highest BCUT2D eigenvalue weighted by Gasteiger charge is 2.19. The molecule has 0 aliphatic carbocycles. The lowest BCUT2D eigenvalue weighted by Gasteiger charge is -2.10. The highest BCUT2D eigenvalue weighted by atomic mass is 15.0. The van der Waals surface area contributed by atoms with E-state index in [4.69, 9.17) is 15.0 Å². The van der Waals surface area contributed by atoms with E-state index in [1.54, 1.807) is 0 Å². The van der Waals surface area contributed by atoms with E-state index in [0.29, 0.717) is 17.5 Å². The lowest BCUT2D eigenvalue weighted by molar-refractivity contribution is 1.07. The minimum absolute atomic E-state index is 0.638. The molecule has 0 amide bonds. The molecule has 0 radical (unpaired) electrons. The zero-order valence-electron chi connectivity index (χ0n) is 30.3. The van der Waals surface area contributed by atoms with Crippen LogP contribution in [-0.2, 0) is 0 Å². The van der Waals surface area contributed by atoms with E-state index < -0.39 is 0 Å². The molecule has 0 saturated heterocycles. The third kappa shape index (κ3) is 5.21. The van der Waals surface area contributed by atoms with Crippen LogP contribution in [0.2, 0.25) is 0 Å². The number of rotatable bonds is 6. The average Bonchev–Trinajstić information content (AvgIpc) is 3.80. The van der Waals surface area contributed by atoms with E-state index in [-0.39, 0.29) is 0 Å². The summed E-state index contributed by atoms with van der Waals surface area (Å²) in [6, 6.07) is 70.5. The normalized spacial score (nSPS) is 11.6. The summed E-state index contributed by atoms with van der Waals surface area (Å²) in [4.78, 5) is 14.8. The minimum atomic E-state index is 0.638. The van der Waals surface area contributed by atoms with Gasteiger partial charge in [-0.3, -0.25) is 0 Å². The van der Waals surface area contributed by atoms with Gasteiger partial charge in [0.2, 0.25) is 0 Å². The monoisotopic (exact) mass is 715 g/mol. The predicted molar refractivity (Wildman–Crippen MR) is 230 cm³/mol. The predicted octanol–water partition coefficient (Wildman–Crippen LogP) is 12.7. The molecule has 0 unspecified atom stereocenters. The molecule has 5 nitrogen and oxygen atoms in total. The molecule has 56 heavy (non-hydrogen) atoms. The van der Waals surface area contributed by atoms with E-state index in [1.807, 2.05) is 60.7 Å². The fraction of sp³-hybridized carbons (Fsp3) is 0. The van der Waals surface area contributed by atoms with Crippen molar-refractivity contribution in [1.29, 1.82) is 0 Å². The standard InChI is InChI=1S/C51H33N5/c1-4-15-35(16-5-1)49-52-50(36-17-6-2-7-18-36)54-51(53-49)37-29-27-34(28-30-37)40-23-14-26-47-48(40)43-33-39(31-32-46(43)55(47)38-19-8-3-9-20-38)56-44-24-12-10-21-41(44)42-22-11-13-25-45(42)56/h1-33H. The summed E-state index contributed by atoms with van der Waals surface area (Å²) < 4.78 is 4.79. The average molecular weight is 716 g/mol. The van der Waals surface area contributed by atoms with Crippen molar-refractivity contribution in [3.8, 4) is 56.7 Å². The molecular weight excluding hydrogens is 683 g/mol. The van der Waals surface area contributed by atoms with Crippen LogP contribution < -0.4 is 0 Å². The van der Waals surface area contributed by atoms with Crippen LogP contribution in [0.25, 0.3) is 100 Å². The van der Waals surface area contributed by atoms with Gasteiger partial charge in [-0.05, 0) is 59.7 Å². The molecule has 0 bridgehead atoms. The summed E-state index contributed by atoms with van der Waals surface area (Å²) in [5.74, 6) is 1.94. The Labute approximate surface area is 323 Å². The summed E-state index contributed by atoms with van der Waals surface area (Å²) >= 11 is 0. The second kappa shape index (κ2) is 13.0. The van der Waals surface area contributed by atoms with Crippen molar-refractivity contribution >= 4 is 43.6 Å². The van der Waals surface area contributed by atoms with Crippen LogP contribution in [-0.4, -0.2) is 24.1 Å². The minimum Gasteiger partial charge on any atom is -0.309 e. The lowest BCUT2D eigenvalue weighted by Crippen LogP contribution is -2.00. The first-order chi connectivity index (χ1) is 27.8. The van der Waals surface area contributed by atoms with Gasteiger partial charge in [0.05, 0.1) is 22.1 Å². The number of aromatic nitrogens is 5. The van der Waals surface area contributed by atoms with Crippen LogP contribution in [0.1, 0.15) is 0 Å². The Kier molecular flexibility index (Phi) is 7.42. The van der Waals surface area contributed by atoms with Gasteiger partial charge in [0.1, 0.15) is 0 Å². The Hall–Kier alpha value is -7.63. The van der Waals surface area contributed by atoms with E-state index in [1.165, 1.54) is 38.1 Å². The van der Waals surface area contributed by atoms with E-state index in [2.05, 4.69) is 149 Å². The first-order valence-corrected chi connectivity index (χ1v) is 18.9. The van der Waals surface area contributed by atoms with Gasteiger partial charge in [-0.15, -0.1) is 0 Å². The summed E-state index contributed by atoms with van der Waals surface area (Å²) in [7, 11) is 0. The van der Waals surface area contributed by atoms with Crippen molar-refractivity contribution in [2.75, 3.05) is 0 Å². The van der Waals surface area contributed by atoms with Crippen molar-refractivity contribution in [2.24, 2.45) is 0 Å². The van der Waals surface area contributed by atoms with Crippen molar-refractivity contribution in [3.05, 3.63) is 200 Å².